The number of rotatable bonds is 10. The van der Waals surface area contributed by atoms with Gasteiger partial charge in [0.15, 0.2) is 0 Å². The minimum atomic E-state index is 0.306. The van der Waals surface area contributed by atoms with E-state index in [0.29, 0.717) is 12.6 Å². The summed E-state index contributed by atoms with van der Waals surface area (Å²) in [4.78, 5) is 1.55. The van der Waals surface area contributed by atoms with Gasteiger partial charge in [-0.05, 0) is 12.3 Å². The van der Waals surface area contributed by atoms with Gasteiger partial charge in [-0.25, -0.2) is 0 Å². The average Bonchev–Trinajstić information content (AvgIpc) is 2.41. The van der Waals surface area contributed by atoms with Crippen molar-refractivity contribution in [3.63, 3.8) is 0 Å². The lowest BCUT2D eigenvalue weighted by Crippen LogP contribution is -3.18. The van der Waals surface area contributed by atoms with E-state index in [2.05, 4.69) is 13.8 Å². The van der Waals surface area contributed by atoms with Crippen molar-refractivity contribution in [2.24, 2.45) is 5.92 Å². The number of nitrogens with one attached hydrogen (secondary N) is 1. The Morgan fingerprint density at radius 2 is 1.95 bits per heavy atom. The number of aliphatic hydroxyl groups excluding tert-OH is 1. The van der Waals surface area contributed by atoms with Crippen molar-refractivity contribution >= 4 is 0 Å². The monoisotopic (exact) mass is 272 g/mol. The van der Waals surface area contributed by atoms with Crippen molar-refractivity contribution < 1.29 is 14.7 Å². The van der Waals surface area contributed by atoms with Gasteiger partial charge in [-0.1, -0.05) is 46.0 Å². The zero-order valence-electron chi connectivity index (χ0n) is 13.0. The standard InChI is InChI=1S/C16H33NO2/c1-3-6-15(7-4-2)8-5-9-16-14-19-13-11-17(16)10-12-18/h15-16,18H,3-14H2,1-2H3/p+1. The van der Waals surface area contributed by atoms with Crippen LogP contribution in [0.25, 0.3) is 0 Å². The van der Waals surface area contributed by atoms with Crippen LogP contribution in [-0.4, -0.2) is 44.1 Å². The molecule has 2 atom stereocenters. The molecule has 0 saturated carbocycles. The molecule has 0 aliphatic carbocycles. The van der Waals surface area contributed by atoms with E-state index in [0.717, 1.165) is 32.2 Å². The summed E-state index contributed by atoms with van der Waals surface area (Å²) in [6.07, 6.45) is 9.39. The maximum absolute atomic E-state index is 9.13. The van der Waals surface area contributed by atoms with E-state index in [4.69, 9.17) is 9.84 Å². The molecule has 3 nitrogen and oxygen atoms in total. The third-order valence-corrected chi connectivity index (χ3v) is 4.46. The molecule has 0 aromatic carbocycles. The Balaban J connectivity index is 2.24. The summed E-state index contributed by atoms with van der Waals surface area (Å²) in [5.74, 6) is 0.931. The fourth-order valence-corrected chi connectivity index (χ4v) is 3.41. The summed E-state index contributed by atoms with van der Waals surface area (Å²) >= 11 is 0. The Kier molecular flexibility index (Phi) is 9.48. The molecule has 114 valence electrons. The Hall–Kier alpha value is -0.120. The molecule has 0 radical (unpaired) electrons. The zero-order chi connectivity index (χ0) is 13.9. The molecule has 1 aliphatic heterocycles. The van der Waals surface area contributed by atoms with Gasteiger partial charge < -0.3 is 14.7 Å². The van der Waals surface area contributed by atoms with Crippen LogP contribution in [0.15, 0.2) is 0 Å². The van der Waals surface area contributed by atoms with Crippen LogP contribution in [0.4, 0.5) is 0 Å². The highest BCUT2D eigenvalue weighted by atomic mass is 16.5. The van der Waals surface area contributed by atoms with Crippen LogP contribution in [0.5, 0.6) is 0 Å². The lowest BCUT2D eigenvalue weighted by Gasteiger charge is -2.32. The summed E-state index contributed by atoms with van der Waals surface area (Å²) < 4.78 is 5.61. The van der Waals surface area contributed by atoms with E-state index >= 15 is 0 Å². The average molecular weight is 272 g/mol. The lowest BCUT2D eigenvalue weighted by atomic mass is 9.91. The molecule has 2 N–H and O–H groups in total. The van der Waals surface area contributed by atoms with Crippen LogP contribution in [0.3, 0.4) is 0 Å². The summed E-state index contributed by atoms with van der Waals surface area (Å²) in [7, 11) is 0. The Bertz CT molecular complexity index is 203. The van der Waals surface area contributed by atoms with Crippen molar-refractivity contribution in [1.29, 1.82) is 0 Å². The Morgan fingerprint density at radius 3 is 2.58 bits per heavy atom. The lowest BCUT2D eigenvalue weighted by molar-refractivity contribution is -0.934. The van der Waals surface area contributed by atoms with Crippen LogP contribution in [0, 0.1) is 5.92 Å². The SMILES string of the molecule is CCCC(CCC)CCCC1COCC[NH+]1CCO. The van der Waals surface area contributed by atoms with Gasteiger partial charge in [-0.2, -0.15) is 0 Å². The first-order chi connectivity index (χ1) is 9.31. The maximum Gasteiger partial charge on any atom is 0.111 e. The summed E-state index contributed by atoms with van der Waals surface area (Å²) in [5, 5.41) is 9.13. The number of morpholine rings is 1. The molecule has 0 aromatic rings. The number of aliphatic hydroxyl groups is 1. The molecule has 1 fully saturated rings. The molecule has 2 unspecified atom stereocenters. The topological polar surface area (TPSA) is 33.9 Å². The molecular formula is C16H34NO2+. The number of ether oxygens (including phenoxy) is 1. The van der Waals surface area contributed by atoms with Crippen LogP contribution in [0.1, 0.15) is 58.8 Å². The highest BCUT2D eigenvalue weighted by Gasteiger charge is 2.25. The van der Waals surface area contributed by atoms with Crippen molar-refractivity contribution in [3.8, 4) is 0 Å². The van der Waals surface area contributed by atoms with E-state index in [1.165, 1.54) is 44.9 Å². The largest absolute Gasteiger partial charge is 0.391 e. The molecule has 1 rings (SSSR count). The molecule has 0 spiro atoms. The maximum atomic E-state index is 9.13. The molecule has 1 aliphatic rings. The Morgan fingerprint density at radius 1 is 1.21 bits per heavy atom. The summed E-state index contributed by atoms with van der Waals surface area (Å²) in [6, 6.07) is 0.616. The van der Waals surface area contributed by atoms with Crippen molar-refractivity contribution in [3.05, 3.63) is 0 Å². The Labute approximate surface area is 119 Å². The van der Waals surface area contributed by atoms with Crippen LogP contribution in [-0.2, 0) is 4.74 Å². The van der Waals surface area contributed by atoms with Gasteiger partial charge in [0.1, 0.15) is 19.1 Å². The predicted molar refractivity (Wildman–Crippen MR) is 79.5 cm³/mol. The van der Waals surface area contributed by atoms with Crippen LogP contribution < -0.4 is 4.90 Å². The van der Waals surface area contributed by atoms with Gasteiger partial charge in [-0.3, -0.25) is 0 Å². The summed E-state index contributed by atoms with van der Waals surface area (Å²) in [5.41, 5.74) is 0. The van der Waals surface area contributed by atoms with Gasteiger partial charge in [-0.15, -0.1) is 0 Å². The zero-order valence-corrected chi connectivity index (χ0v) is 13.0. The molecule has 3 heteroatoms. The molecule has 0 amide bonds. The van der Waals surface area contributed by atoms with E-state index in [1.807, 2.05) is 0 Å². The second-order valence-electron chi connectivity index (χ2n) is 6.03. The van der Waals surface area contributed by atoms with Gasteiger partial charge in [0, 0.05) is 6.42 Å². The fourth-order valence-electron chi connectivity index (χ4n) is 3.41. The van der Waals surface area contributed by atoms with Gasteiger partial charge in [0.2, 0.25) is 0 Å². The first kappa shape index (κ1) is 16.9. The van der Waals surface area contributed by atoms with Crippen LogP contribution in [0.2, 0.25) is 0 Å². The molecule has 19 heavy (non-hydrogen) atoms. The van der Waals surface area contributed by atoms with Crippen molar-refractivity contribution in [2.75, 3.05) is 32.9 Å². The predicted octanol–water partition coefficient (Wildman–Crippen LogP) is 1.65. The van der Waals surface area contributed by atoms with Crippen LogP contribution >= 0.6 is 0 Å². The first-order valence-corrected chi connectivity index (χ1v) is 8.34. The van der Waals surface area contributed by atoms with E-state index in [9.17, 15) is 0 Å². The molecule has 1 heterocycles. The second kappa shape index (κ2) is 10.6. The van der Waals surface area contributed by atoms with Gasteiger partial charge >= 0.3 is 0 Å². The summed E-state index contributed by atoms with van der Waals surface area (Å²) in [6.45, 7) is 8.61. The highest BCUT2D eigenvalue weighted by molar-refractivity contribution is 4.63. The van der Waals surface area contributed by atoms with E-state index < -0.39 is 0 Å². The quantitative estimate of drug-likeness (QED) is 0.634. The normalized spacial score (nSPS) is 24.0. The van der Waals surface area contributed by atoms with E-state index in [-0.39, 0.29) is 0 Å². The second-order valence-corrected chi connectivity index (χ2v) is 6.03. The van der Waals surface area contributed by atoms with Crippen molar-refractivity contribution in [2.45, 2.75) is 64.8 Å². The van der Waals surface area contributed by atoms with Gasteiger partial charge in [0.05, 0.1) is 19.8 Å². The highest BCUT2D eigenvalue weighted by Crippen LogP contribution is 2.20. The minimum absolute atomic E-state index is 0.306. The number of hydrogen-bond acceptors (Lipinski definition) is 2. The smallest absolute Gasteiger partial charge is 0.111 e. The van der Waals surface area contributed by atoms with Gasteiger partial charge in [0.25, 0.3) is 0 Å². The molecule has 0 aromatic heterocycles. The minimum Gasteiger partial charge on any atom is -0.391 e. The third-order valence-electron chi connectivity index (χ3n) is 4.46. The van der Waals surface area contributed by atoms with E-state index in [1.54, 1.807) is 4.90 Å². The van der Waals surface area contributed by atoms with Crippen molar-refractivity contribution in [1.82, 2.24) is 0 Å². The molecular weight excluding hydrogens is 238 g/mol. The fraction of sp³-hybridized carbons (Fsp3) is 1.00. The third kappa shape index (κ3) is 6.73. The first-order valence-electron chi connectivity index (χ1n) is 8.34. The molecule has 0 bridgehead atoms. The molecule has 1 saturated heterocycles. The number of hydrogen-bond donors (Lipinski definition) is 2. The number of quaternary nitrogens is 1.